The molecular formula is C15H15BrFNO2S. The van der Waals surface area contributed by atoms with E-state index < -0.39 is 0 Å². The van der Waals surface area contributed by atoms with Crippen LogP contribution in [0.4, 0.5) is 4.39 Å². The van der Waals surface area contributed by atoms with Gasteiger partial charge in [0, 0.05) is 21.8 Å². The Hall–Kier alpha value is -1.40. The normalized spacial score (nSPS) is 10.5. The van der Waals surface area contributed by atoms with Crippen LogP contribution in [0.5, 0.6) is 5.75 Å². The van der Waals surface area contributed by atoms with Crippen LogP contribution in [0.2, 0.25) is 0 Å². The molecule has 1 aromatic carbocycles. The highest BCUT2D eigenvalue weighted by Gasteiger charge is 2.11. The Bertz CT molecular complexity index is 644. The van der Waals surface area contributed by atoms with Crippen LogP contribution in [-0.2, 0) is 11.3 Å². The maximum absolute atomic E-state index is 13.1. The van der Waals surface area contributed by atoms with E-state index in [1.807, 2.05) is 11.4 Å². The molecule has 112 valence electrons. The molecule has 2 aromatic rings. The number of aryl methyl sites for hydroxylation is 1. The van der Waals surface area contributed by atoms with E-state index in [1.54, 1.807) is 36.3 Å². The predicted octanol–water partition coefficient (Wildman–Crippen LogP) is 4.00. The maximum Gasteiger partial charge on any atom is 0.260 e. The summed E-state index contributed by atoms with van der Waals surface area (Å²) in [5, 5.41) is 1.98. The van der Waals surface area contributed by atoms with Gasteiger partial charge in [-0.3, -0.25) is 4.79 Å². The first-order chi connectivity index (χ1) is 9.95. The Kier molecular flexibility index (Phi) is 5.36. The summed E-state index contributed by atoms with van der Waals surface area (Å²) in [6.45, 7) is 2.14. The molecular weight excluding hydrogens is 357 g/mol. The number of nitrogens with zero attached hydrogens (tertiary/aromatic N) is 1. The minimum absolute atomic E-state index is 0.0614. The van der Waals surface area contributed by atoms with E-state index in [1.165, 1.54) is 12.1 Å². The highest BCUT2D eigenvalue weighted by atomic mass is 79.9. The van der Waals surface area contributed by atoms with E-state index in [2.05, 4.69) is 15.9 Å². The number of thiophene rings is 1. The zero-order chi connectivity index (χ0) is 15.4. The van der Waals surface area contributed by atoms with Crippen molar-refractivity contribution in [3.8, 4) is 5.75 Å². The van der Waals surface area contributed by atoms with Crippen molar-refractivity contribution in [3.63, 3.8) is 0 Å². The van der Waals surface area contributed by atoms with Crippen molar-refractivity contribution in [2.45, 2.75) is 13.5 Å². The molecule has 1 amide bonds. The van der Waals surface area contributed by atoms with E-state index in [9.17, 15) is 9.18 Å². The van der Waals surface area contributed by atoms with E-state index >= 15 is 0 Å². The molecule has 3 nitrogen and oxygen atoms in total. The summed E-state index contributed by atoms with van der Waals surface area (Å²) in [6.07, 6.45) is 0. The lowest BCUT2D eigenvalue weighted by atomic mass is 10.2. The molecule has 1 aromatic heterocycles. The number of hydrogen-bond acceptors (Lipinski definition) is 3. The molecule has 0 saturated carbocycles. The van der Waals surface area contributed by atoms with Crippen LogP contribution in [0, 0.1) is 12.7 Å². The molecule has 0 unspecified atom stereocenters. The molecule has 1 heterocycles. The third-order valence-electron chi connectivity index (χ3n) is 2.93. The lowest BCUT2D eigenvalue weighted by Gasteiger charge is -2.16. The first kappa shape index (κ1) is 16.0. The second kappa shape index (κ2) is 7.04. The molecule has 0 spiro atoms. The Morgan fingerprint density at radius 3 is 2.81 bits per heavy atom. The van der Waals surface area contributed by atoms with Gasteiger partial charge in [-0.1, -0.05) is 0 Å². The minimum Gasteiger partial charge on any atom is -0.484 e. The van der Waals surface area contributed by atoms with Gasteiger partial charge < -0.3 is 9.64 Å². The maximum atomic E-state index is 13.1. The summed E-state index contributed by atoms with van der Waals surface area (Å²) in [5.41, 5.74) is 0.497. The van der Waals surface area contributed by atoms with Crippen LogP contribution < -0.4 is 4.74 Å². The standard InChI is InChI=1S/C15H15BrFNO2S/c1-10-5-12(3-4-14(10)17)20-8-15(19)18(2)7-13-6-11(16)9-21-13/h3-6,9H,7-8H2,1-2H3. The number of amides is 1. The molecule has 2 rings (SSSR count). The molecule has 0 radical (unpaired) electrons. The number of hydrogen-bond donors (Lipinski definition) is 0. The van der Waals surface area contributed by atoms with Crippen molar-refractivity contribution in [2.24, 2.45) is 0 Å². The summed E-state index contributed by atoms with van der Waals surface area (Å²) < 4.78 is 19.6. The summed E-state index contributed by atoms with van der Waals surface area (Å²) >= 11 is 4.97. The molecule has 0 fully saturated rings. The monoisotopic (exact) mass is 371 g/mol. The summed E-state index contributed by atoms with van der Waals surface area (Å²) in [7, 11) is 1.73. The third kappa shape index (κ3) is 4.54. The van der Waals surface area contributed by atoms with Gasteiger partial charge in [0.15, 0.2) is 6.61 Å². The van der Waals surface area contributed by atoms with Crippen molar-refractivity contribution < 1.29 is 13.9 Å². The fourth-order valence-electron chi connectivity index (χ4n) is 1.72. The van der Waals surface area contributed by atoms with Crippen LogP contribution in [-0.4, -0.2) is 24.5 Å². The van der Waals surface area contributed by atoms with Crippen LogP contribution in [0.15, 0.2) is 34.1 Å². The van der Waals surface area contributed by atoms with Gasteiger partial charge in [0.1, 0.15) is 11.6 Å². The third-order valence-corrected chi connectivity index (χ3v) is 4.61. The van der Waals surface area contributed by atoms with Crippen molar-refractivity contribution in [1.82, 2.24) is 4.90 Å². The largest absolute Gasteiger partial charge is 0.484 e. The number of ether oxygens (including phenoxy) is 1. The van der Waals surface area contributed by atoms with Crippen molar-refractivity contribution in [3.05, 3.63) is 50.4 Å². The second-order valence-corrected chi connectivity index (χ2v) is 6.59. The topological polar surface area (TPSA) is 29.5 Å². The summed E-state index contributed by atoms with van der Waals surface area (Å²) in [4.78, 5) is 14.7. The first-order valence-corrected chi connectivity index (χ1v) is 7.99. The smallest absolute Gasteiger partial charge is 0.260 e. The van der Waals surface area contributed by atoms with Crippen molar-refractivity contribution >= 4 is 33.2 Å². The molecule has 0 aliphatic rings. The fraction of sp³-hybridized carbons (Fsp3) is 0.267. The molecule has 0 aliphatic carbocycles. The molecule has 0 bridgehead atoms. The molecule has 0 atom stereocenters. The lowest BCUT2D eigenvalue weighted by molar-refractivity contribution is -0.132. The van der Waals surface area contributed by atoms with Gasteiger partial charge in [0.2, 0.25) is 0 Å². The van der Waals surface area contributed by atoms with Crippen molar-refractivity contribution in [1.29, 1.82) is 0 Å². The first-order valence-electron chi connectivity index (χ1n) is 6.31. The SMILES string of the molecule is Cc1cc(OCC(=O)N(C)Cc2cc(Br)cs2)ccc1F. The van der Waals surface area contributed by atoms with E-state index in [4.69, 9.17) is 4.74 Å². The van der Waals surface area contributed by atoms with Gasteiger partial charge in [-0.15, -0.1) is 11.3 Å². The number of carbonyl (C=O) groups excluding carboxylic acids is 1. The van der Waals surface area contributed by atoms with Crippen LogP contribution in [0.3, 0.4) is 0 Å². The summed E-state index contributed by atoms with van der Waals surface area (Å²) in [5.74, 6) is 0.0880. The predicted molar refractivity (Wildman–Crippen MR) is 85.1 cm³/mol. The van der Waals surface area contributed by atoms with E-state index in [0.29, 0.717) is 17.9 Å². The molecule has 0 aliphatic heterocycles. The van der Waals surface area contributed by atoms with Gasteiger partial charge >= 0.3 is 0 Å². The zero-order valence-electron chi connectivity index (χ0n) is 11.7. The molecule has 21 heavy (non-hydrogen) atoms. The minimum atomic E-state index is -0.283. The van der Waals surface area contributed by atoms with Crippen LogP contribution >= 0.6 is 27.3 Å². The number of benzene rings is 1. The number of rotatable bonds is 5. The van der Waals surface area contributed by atoms with Gasteiger partial charge in [-0.05, 0) is 52.7 Å². The lowest BCUT2D eigenvalue weighted by Crippen LogP contribution is -2.30. The fourth-order valence-corrected chi connectivity index (χ4v) is 3.22. The van der Waals surface area contributed by atoms with Crippen LogP contribution in [0.25, 0.3) is 0 Å². The molecule has 0 saturated heterocycles. The van der Waals surface area contributed by atoms with Crippen molar-refractivity contribution in [2.75, 3.05) is 13.7 Å². The van der Waals surface area contributed by atoms with Gasteiger partial charge in [0.05, 0.1) is 6.54 Å². The average molecular weight is 372 g/mol. The Morgan fingerprint density at radius 2 is 2.19 bits per heavy atom. The quantitative estimate of drug-likeness (QED) is 0.794. The summed E-state index contributed by atoms with van der Waals surface area (Å²) in [6, 6.07) is 6.42. The zero-order valence-corrected chi connectivity index (χ0v) is 14.1. The van der Waals surface area contributed by atoms with Gasteiger partial charge in [-0.2, -0.15) is 0 Å². The van der Waals surface area contributed by atoms with Gasteiger partial charge in [0.25, 0.3) is 5.91 Å². The van der Waals surface area contributed by atoms with E-state index in [-0.39, 0.29) is 18.3 Å². The Morgan fingerprint density at radius 1 is 1.43 bits per heavy atom. The molecule has 6 heteroatoms. The van der Waals surface area contributed by atoms with Crippen LogP contribution in [0.1, 0.15) is 10.4 Å². The Labute approximate surface area is 135 Å². The van der Waals surface area contributed by atoms with Gasteiger partial charge in [-0.25, -0.2) is 4.39 Å². The Balaban J connectivity index is 1.87. The molecule has 0 N–H and O–H groups in total. The second-order valence-electron chi connectivity index (χ2n) is 4.68. The van der Waals surface area contributed by atoms with E-state index in [0.717, 1.165) is 9.35 Å². The average Bonchev–Trinajstić information content (AvgIpc) is 2.85. The number of carbonyl (C=O) groups is 1. The number of halogens is 2. The highest BCUT2D eigenvalue weighted by Crippen LogP contribution is 2.21. The number of likely N-dealkylation sites (N-methyl/N-ethyl adjacent to an activating group) is 1. The highest BCUT2D eigenvalue weighted by molar-refractivity contribution is 9.10.